The molecule has 1 aromatic carbocycles. The summed E-state index contributed by atoms with van der Waals surface area (Å²) in [5, 5.41) is 4.61. The highest BCUT2D eigenvalue weighted by atomic mass is 35.5. The van der Waals surface area contributed by atoms with Gasteiger partial charge < -0.3 is 4.90 Å². The average molecular weight is 435 g/mol. The Morgan fingerprint density at radius 2 is 1.83 bits per heavy atom. The van der Waals surface area contributed by atoms with Crippen molar-refractivity contribution in [1.29, 1.82) is 0 Å². The zero-order valence-electron chi connectivity index (χ0n) is 15.9. The number of hydrogen-bond acceptors (Lipinski definition) is 3. The summed E-state index contributed by atoms with van der Waals surface area (Å²) < 4.78 is 41.6. The molecule has 1 saturated carbocycles. The van der Waals surface area contributed by atoms with Crippen LogP contribution in [0.25, 0.3) is 5.65 Å². The Balaban J connectivity index is 1.52. The Morgan fingerprint density at radius 1 is 1.10 bits per heavy atom. The van der Waals surface area contributed by atoms with Crippen molar-refractivity contribution in [2.75, 3.05) is 6.54 Å². The number of halogens is 4. The van der Waals surface area contributed by atoms with Gasteiger partial charge in [-0.05, 0) is 49.4 Å². The van der Waals surface area contributed by atoms with Gasteiger partial charge in [0.25, 0.3) is 5.91 Å². The van der Waals surface area contributed by atoms with Gasteiger partial charge in [0.05, 0.1) is 6.04 Å². The summed E-state index contributed by atoms with van der Waals surface area (Å²) >= 11 is 5.96. The van der Waals surface area contributed by atoms with Crippen LogP contribution in [0.2, 0.25) is 5.02 Å². The standard InChI is InChI=1S/C21H18ClF3N4O/c22-14-7-5-13(6-8-14)17-2-1-9-28(17)20(30)16-11-19-26-15(12-3-4-12)10-18(21(23,24)25)29(19)27-16/h5-8,10-12,17H,1-4,9H2/t17-/m1/s1. The summed E-state index contributed by atoms with van der Waals surface area (Å²) in [5.41, 5.74) is 0.483. The Hall–Kier alpha value is -2.61. The predicted octanol–water partition coefficient (Wildman–Crippen LogP) is 5.26. The quantitative estimate of drug-likeness (QED) is 0.565. The Kier molecular flexibility index (Phi) is 4.50. The highest BCUT2D eigenvalue weighted by Crippen LogP contribution is 2.41. The number of benzene rings is 1. The average Bonchev–Trinajstić information content (AvgIpc) is 3.28. The SMILES string of the molecule is O=C(c1cc2nc(C3CC3)cc(C(F)(F)F)n2n1)N1CCC[C@@H]1c1ccc(Cl)cc1. The number of aromatic nitrogens is 3. The second-order valence-corrected chi connectivity index (χ2v) is 8.28. The molecule has 1 aliphatic heterocycles. The van der Waals surface area contributed by atoms with E-state index in [2.05, 4.69) is 10.1 Å². The lowest BCUT2D eigenvalue weighted by Gasteiger charge is -2.24. The molecule has 1 aliphatic carbocycles. The van der Waals surface area contributed by atoms with Crippen LogP contribution in [0.15, 0.2) is 36.4 Å². The molecule has 3 aromatic rings. The van der Waals surface area contributed by atoms with E-state index in [9.17, 15) is 18.0 Å². The number of alkyl halides is 3. The lowest BCUT2D eigenvalue weighted by atomic mass is 10.0. The van der Waals surface area contributed by atoms with Crippen LogP contribution in [0.5, 0.6) is 0 Å². The van der Waals surface area contributed by atoms with Crippen molar-refractivity contribution in [2.45, 2.75) is 43.8 Å². The minimum atomic E-state index is -4.59. The zero-order valence-corrected chi connectivity index (χ0v) is 16.6. The van der Waals surface area contributed by atoms with Gasteiger partial charge in [0.2, 0.25) is 0 Å². The first-order valence-corrected chi connectivity index (χ1v) is 10.2. The molecular formula is C21H18ClF3N4O. The van der Waals surface area contributed by atoms with Crippen LogP contribution in [0.4, 0.5) is 13.2 Å². The third-order valence-electron chi connectivity index (χ3n) is 5.72. The Morgan fingerprint density at radius 3 is 2.50 bits per heavy atom. The van der Waals surface area contributed by atoms with Crippen molar-refractivity contribution in [1.82, 2.24) is 19.5 Å². The molecule has 0 bridgehead atoms. The Labute approximate surface area is 175 Å². The molecule has 9 heteroatoms. The van der Waals surface area contributed by atoms with Crippen molar-refractivity contribution in [2.24, 2.45) is 0 Å². The van der Waals surface area contributed by atoms with E-state index in [1.54, 1.807) is 17.0 Å². The largest absolute Gasteiger partial charge is 0.433 e. The van der Waals surface area contributed by atoms with Crippen LogP contribution in [-0.2, 0) is 6.18 Å². The topological polar surface area (TPSA) is 50.5 Å². The lowest BCUT2D eigenvalue weighted by Crippen LogP contribution is -2.31. The molecule has 1 atom stereocenters. The van der Waals surface area contributed by atoms with Gasteiger partial charge in [-0.15, -0.1) is 0 Å². The molecule has 0 spiro atoms. The minimum Gasteiger partial charge on any atom is -0.330 e. The van der Waals surface area contributed by atoms with Gasteiger partial charge in [0.15, 0.2) is 11.3 Å². The molecule has 3 heterocycles. The molecule has 156 valence electrons. The van der Waals surface area contributed by atoms with Gasteiger partial charge in [0.1, 0.15) is 5.69 Å². The maximum atomic E-state index is 13.6. The smallest absolute Gasteiger partial charge is 0.330 e. The summed E-state index contributed by atoms with van der Waals surface area (Å²) in [6, 6.07) is 9.53. The van der Waals surface area contributed by atoms with Crippen molar-refractivity contribution >= 4 is 23.2 Å². The first-order chi connectivity index (χ1) is 14.3. The monoisotopic (exact) mass is 434 g/mol. The number of nitrogens with zero attached hydrogens (tertiary/aromatic N) is 4. The molecule has 2 aliphatic rings. The Bertz CT molecular complexity index is 1120. The lowest BCUT2D eigenvalue weighted by molar-refractivity contribution is -0.142. The molecule has 0 unspecified atom stereocenters. The fourth-order valence-corrected chi connectivity index (χ4v) is 4.20. The summed E-state index contributed by atoms with van der Waals surface area (Å²) in [7, 11) is 0. The van der Waals surface area contributed by atoms with Gasteiger partial charge >= 0.3 is 6.18 Å². The summed E-state index contributed by atoms with van der Waals surface area (Å²) in [6.07, 6.45) is -1.34. The van der Waals surface area contributed by atoms with Crippen LogP contribution in [-0.4, -0.2) is 31.9 Å². The second kappa shape index (κ2) is 6.97. The molecule has 0 radical (unpaired) electrons. The van der Waals surface area contributed by atoms with E-state index in [1.165, 1.54) is 6.07 Å². The van der Waals surface area contributed by atoms with E-state index >= 15 is 0 Å². The first-order valence-electron chi connectivity index (χ1n) is 9.85. The van der Waals surface area contributed by atoms with Crippen molar-refractivity contribution in [3.05, 3.63) is 64.1 Å². The third kappa shape index (κ3) is 3.43. The van der Waals surface area contributed by atoms with Gasteiger partial charge in [0, 0.05) is 29.2 Å². The maximum Gasteiger partial charge on any atom is 0.433 e. The van der Waals surface area contributed by atoms with E-state index in [0.717, 1.165) is 41.8 Å². The summed E-state index contributed by atoms with van der Waals surface area (Å²) in [6.45, 7) is 0.521. The molecule has 5 nitrogen and oxygen atoms in total. The third-order valence-corrected chi connectivity index (χ3v) is 5.97. The van der Waals surface area contributed by atoms with Crippen LogP contribution >= 0.6 is 11.6 Å². The van der Waals surface area contributed by atoms with E-state index in [4.69, 9.17) is 11.6 Å². The van der Waals surface area contributed by atoms with E-state index in [0.29, 0.717) is 17.3 Å². The number of fused-ring (bicyclic) bond motifs is 1. The van der Waals surface area contributed by atoms with Crippen molar-refractivity contribution in [3.8, 4) is 0 Å². The minimum absolute atomic E-state index is 0.0261. The predicted molar refractivity (Wildman–Crippen MR) is 104 cm³/mol. The number of likely N-dealkylation sites (tertiary alicyclic amines) is 1. The van der Waals surface area contributed by atoms with E-state index in [-0.39, 0.29) is 29.2 Å². The van der Waals surface area contributed by atoms with Gasteiger partial charge in [-0.3, -0.25) is 4.79 Å². The number of hydrogen-bond donors (Lipinski definition) is 0. The molecule has 1 saturated heterocycles. The van der Waals surface area contributed by atoms with Crippen LogP contribution < -0.4 is 0 Å². The molecule has 2 aromatic heterocycles. The van der Waals surface area contributed by atoms with E-state index in [1.807, 2.05) is 12.1 Å². The summed E-state index contributed by atoms with van der Waals surface area (Å²) in [4.78, 5) is 19.2. The van der Waals surface area contributed by atoms with Crippen molar-refractivity contribution < 1.29 is 18.0 Å². The van der Waals surface area contributed by atoms with E-state index < -0.39 is 11.9 Å². The van der Waals surface area contributed by atoms with Crippen LogP contribution in [0.1, 0.15) is 65.1 Å². The van der Waals surface area contributed by atoms with Crippen LogP contribution in [0, 0.1) is 0 Å². The fourth-order valence-electron chi connectivity index (χ4n) is 4.08. The van der Waals surface area contributed by atoms with Crippen molar-refractivity contribution in [3.63, 3.8) is 0 Å². The first kappa shape index (κ1) is 19.4. The molecule has 2 fully saturated rings. The number of rotatable bonds is 3. The maximum absolute atomic E-state index is 13.6. The molecule has 30 heavy (non-hydrogen) atoms. The fraction of sp³-hybridized carbons (Fsp3) is 0.381. The zero-order chi connectivity index (χ0) is 21.0. The molecule has 5 rings (SSSR count). The normalized spacial score (nSPS) is 19.6. The number of carbonyl (C=O) groups excluding carboxylic acids is 1. The number of carbonyl (C=O) groups is 1. The molecule has 1 amide bonds. The highest BCUT2D eigenvalue weighted by Gasteiger charge is 2.38. The highest BCUT2D eigenvalue weighted by molar-refractivity contribution is 6.30. The van der Waals surface area contributed by atoms with Gasteiger partial charge in [-0.25, -0.2) is 9.50 Å². The summed E-state index contributed by atoms with van der Waals surface area (Å²) in [5.74, 6) is -0.336. The molecular weight excluding hydrogens is 417 g/mol. The second-order valence-electron chi connectivity index (χ2n) is 7.85. The van der Waals surface area contributed by atoms with Crippen LogP contribution in [0.3, 0.4) is 0 Å². The number of amides is 1. The van der Waals surface area contributed by atoms with Gasteiger partial charge in [-0.1, -0.05) is 23.7 Å². The van der Waals surface area contributed by atoms with Gasteiger partial charge in [-0.2, -0.15) is 18.3 Å². The molecule has 0 N–H and O–H groups in total.